The quantitative estimate of drug-likeness (QED) is 0.793. The van der Waals surface area contributed by atoms with Crippen molar-refractivity contribution in [3.8, 4) is 0 Å². The number of nitrogens with one attached hydrogen (secondary N) is 1. The third kappa shape index (κ3) is 4.40. The zero-order valence-electron chi connectivity index (χ0n) is 13.3. The summed E-state index contributed by atoms with van der Waals surface area (Å²) in [6.07, 6.45) is 3.77. The maximum Gasteiger partial charge on any atom is 0.247 e. The number of anilines is 3. The molecule has 0 aliphatic heterocycles. The second-order valence-corrected chi connectivity index (χ2v) is 6.07. The lowest BCUT2D eigenvalue weighted by molar-refractivity contribution is 0.711. The summed E-state index contributed by atoms with van der Waals surface area (Å²) in [7, 11) is 0. The van der Waals surface area contributed by atoms with Gasteiger partial charge in [0.15, 0.2) is 5.82 Å². The molecule has 22 heavy (non-hydrogen) atoms. The molecule has 0 fully saturated rings. The zero-order valence-corrected chi connectivity index (χ0v) is 14.9. The molecule has 6 heteroatoms. The number of aryl methyl sites for hydroxylation is 1. The van der Waals surface area contributed by atoms with Gasteiger partial charge in [0.2, 0.25) is 5.95 Å². The second kappa shape index (κ2) is 8.08. The molecule has 2 aromatic rings. The molecule has 0 aliphatic rings. The van der Waals surface area contributed by atoms with Gasteiger partial charge in [-0.1, -0.05) is 29.8 Å². The van der Waals surface area contributed by atoms with Crippen LogP contribution in [0, 0.1) is 6.92 Å². The van der Waals surface area contributed by atoms with Gasteiger partial charge in [0.1, 0.15) is 0 Å². The molecular formula is C16H22BrN5. The van der Waals surface area contributed by atoms with Crippen molar-refractivity contribution in [1.29, 1.82) is 0 Å². The minimum absolute atomic E-state index is 0.683. The summed E-state index contributed by atoms with van der Waals surface area (Å²) >= 11 is 3.51. The predicted octanol–water partition coefficient (Wildman–Crippen LogP) is 4.31. The summed E-state index contributed by atoms with van der Waals surface area (Å²) in [6, 6.07) is 6.10. The average molecular weight is 364 g/mol. The van der Waals surface area contributed by atoms with Crippen LogP contribution in [-0.4, -0.2) is 28.3 Å². The number of hydrogen-bond acceptors (Lipinski definition) is 5. The Morgan fingerprint density at radius 1 is 1.18 bits per heavy atom. The summed E-state index contributed by atoms with van der Waals surface area (Å²) in [4.78, 5) is 6.76. The van der Waals surface area contributed by atoms with Crippen LogP contribution in [0.1, 0.15) is 32.3 Å². The van der Waals surface area contributed by atoms with Crippen LogP contribution in [0.2, 0.25) is 0 Å². The number of halogens is 1. The standard InChI is InChI=1S/C16H22BrN5/c1-4-8-22(9-5-2)16-20-15(11-18-21-16)19-13-6-7-14(17)12(3)10-13/h6-7,10-11H,4-5,8-9H2,1-3H3,(H,19,20,21). The van der Waals surface area contributed by atoms with E-state index in [9.17, 15) is 0 Å². The Hall–Kier alpha value is -1.69. The van der Waals surface area contributed by atoms with Crippen LogP contribution in [0.25, 0.3) is 0 Å². The van der Waals surface area contributed by atoms with Gasteiger partial charge in [0, 0.05) is 23.2 Å². The van der Waals surface area contributed by atoms with Crippen molar-refractivity contribution in [3.63, 3.8) is 0 Å². The monoisotopic (exact) mass is 363 g/mol. The minimum Gasteiger partial charge on any atom is -0.339 e. The molecule has 0 spiro atoms. The lowest BCUT2D eigenvalue weighted by atomic mass is 10.2. The summed E-state index contributed by atoms with van der Waals surface area (Å²) in [5.74, 6) is 1.39. The maximum absolute atomic E-state index is 4.59. The molecule has 0 unspecified atom stereocenters. The van der Waals surface area contributed by atoms with Crippen molar-refractivity contribution in [3.05, 3.63) is 34.4 Å². The molecule has 1 aromatic carbocycles. The topological polar surface area (TPSA) is 53.9 Å². The molecular weight excluding hydrogens is 342 g/mol. The summed E-state index contributed by atoms with van der Waals surface area (Å²) in [5.41, 5.74) is 2.16. The Labute approximate surface area is 140 Å². The summed E-state index contributed by atoms with van der Waals surface area (Å²) in [5, 5.41) is 11.5. The Balaban J connectivity index is 2.18. The van der Waals surface area contributed by atoms with E-state index in [-0.39, 0.29) is 0 Å². The Morgan fingerprint density at radius 3 is 2.55 bits per heavy atom. The molecule has 0 amide bonds. The van der Waals surface area contributed by atoms with Gasteiger partial charge >= 0.3 is 0 Å². The highest BCUT2D eigenvalue weighted by molar-refractivity contribution is 9.10. The minimum atomic E-state index is 0.683. The first kappa shape index (κ1) is 16.7. The van der Waals surface area contributed by atoms with E-state index in [4.69, 9.17) is 0 Å². The van der Waals surface area contributed by atoms with Gasteiger partial charge < -0.3 is 10.2 Å². The van der Waals surface area contributed by atoms with Crippen LogP contribution in [0.15, 0.2) is 28.9 Å². The molecule has 118 valence electrons. The first-order chi connectivity index (χ1) is 10.6. The van der Waals surface area contributed by atoms with Crippen LogP contribution >= 0.6 is 15.9 Å². The highest BCUT2D eigenvalue weighted by Crippen LogP contribution is 2.22. The fraction of sp³-hybridized carbons (Fsp3) is 0.438. The van der Waals surface area contributed by atoms with Gasteiger partial charge in [0.25, 0.3) is 0 Å². The molecule has 1 aromatic heterocycles. The van der Waals surface area contributed by atoms with Crippen LogP contribution in [0.5, 0.6) is 0 Å². The third-order valence-corrected chi connectivity index (χ3v) is 4.14. The third-order valence-electron chi connectivity index (χ3n) is 3.25. The highest BCUT2D eigenvalue weighted by Gasteiger charge is 2.09. The van der Waals surface area contributed by atoms with Crippen LogP contribution in [-0.2, 0) is 0 Å². The fourth-order valence-corrected chi connectivity index (χ4v) is 2.46. The molecule has 0 radical (unpaired) electrons. The Morgan fingerprint density at radius 2 is 1.91 bits per heavy atom. The number of nitrogens with zero attached hydrogens (tertiary/aromatic N) is 4. The smallest absolute Gasteiger partial charge is 0.247 e. The van der Waals surface area contributed by atoms with Gasteiger partial charge in [-0.3, -0.25) is 0 Å². The maximum atomic E-state index is 4.59. The van der Waals surface area contributed by atoms with E-state index >= 15 is 0 Å². The largest absolute Gasteiger partial charge is 0.339 e. The van der Waals surface area contributed by atoms with E-state index in [0.717, 1.165) is 36.1 Å². The second-order valence-electron chi connectivity index (χ2n) is 5.22. The van der Waals surface area contributed by atoms with Crippen molar-refractivity contribution in [2.24, 2.45) is 0 Å². The van der Waals surface area contributed by atoms with Crippen molar-refractivity contribution in [1.82, 2.24) is 15.2 Å². The molecule has 0 aliphatic carbocycles. The lowest BCUT2D eigenvalue weighted by Gasteiger charge is -2.21. The molecule has 2 rings (SSSR count). The average Bonchev–Trinajstić information content (AvgIpc) is 2.51. The van der Waals surface area contributed by atoms with E-state index < -0.39 is 0 Å². The first-order valence-corrected chi connectivity index (χ1v) is 8.41. The van der Waals surface area contributed by atoms with Crippen LogP contribution in [0.4, 0.5) is 17.5 Å². The number of rotatable bonds is 7. The molecule has 1 heterocycles. The summed E-state index contributed by atoms with van der Waals surface area (Å²) < 4.78 is 1.09. The molecule has 5 nitrogen and oxygen atoms in total. The SMILES string of the molecule is CCCN(CCC)c1nncc(Nc2ccc(Br)c(C)c2)n1. The van der Waals surface area contributed by atoms with Gasteiger partial charge in [-0.25, -0.2) is 0 Å². The fourth-order valence-electron chi connectivity index (χ4n) is 2.21. The molecule has 0 saturated heterocycles. The molecule has 0 saturated carbocycles. The number of hydrogen-bond donors (Lipinski definition) is 1. The highest BCUT2D eigenvalue weighted by atomic mass is 79.9. The van der Waals surface area contributed by atoms with Gasteiger partial charge in [-0.15, -0.1) is 5.10 Å². The van der Waals surface area contributed by atoms with Crippen LogP contribution < -0.4 is 10.2 Å². The molecule has 0 bridgehead atoms. The van der Waals surface area contributed by atoms with Crippen molar-refractivity contribution in [2.45, 2.75) is 33.6 Å². The van der Waals surface area contributed by atoms with Crippen molar-refractivity contribution in [2.75, 3.05) is 23.3 Å². The normalized spacial score (nSPS) is 10.5. The van der Waals surface area contributed by atoms with Crippen LogP contribution in [0.3, 0.4) is 0 Å². The molecule has 0 atom stereocenters. The van der Waals surface area contributed by atoms with E-state index in [1.807, 2.05) is 12.1 Å². The predicted molar refractivity (Wildman–Crippen MR) is 94.8 cm³/mol. The number of benzene rings is 1. The van der Waals surface area contributed by atoms with Gasteiger partial charge in [-0.2, -0.15) is 10.1 Å². The first-order valence-electron chi connectivity index (χ1n) is 7.61. The number of aromatic nitrogens is 3. The summed E-state index contributed by atoms with van der Waals surface area (Å²) in [6.45, 7) is 8.25. The van der Waals surface area contributed by atoms with Crippen molar-refractivity contribution < 1.29 is 0 Å². The zero-order chi connectivity index (χ0) is 15.9. The van der Waals surface area contributed by atoms with Crippen molar-refractivity contribution >= 4 is 33.4 Å². The van der Waals surface area contributed by atoms with E-state index in [1.54, 1.807) is 6.20 Å². The van der Waals surface area contributed by atoms with E-state index in [0.29, 0.717) is 11.8 Å². The van der Waals surface area contributed by atoms with Gasteiger partial charge in [0.05, 0.1) is 6.20 Å². The van der Waals surface area contributed by atoms with E-state index in [2.05, 4.69) is 68.2 Å². The van der Waals surface area contributed by atoms with E-state index in [1.165, 1.54) is 5.56 Å². The van der Waals surface area contributed by atoms with Gasteiger partial charge in [-0.05, 0) is 43.5 Å². The molecule has 1 N–H and O–H groups in total. The Kier molecular flexibility index (Phi) is 6.12. The lowest BCUT2D eigenvalue weighted by Crippen LogP contribution is -2.27. The Bertz CT molecular complexity index is 611.